The van der Waals surface area contributed by atoms with Crippen molar-refractivity contribution < 1.29 is 45.7 Å². The molecule has 1 aromatic carbocycles. The van der Waals surface area contributed by atoms with Gasteiger partial charge in [0.05, 0.1) is 19.1 Å². The van der Waals surface area contributed by atoms with Crippen molar-refractivity contribution in [3.05, 3.63) is 23.8 Å². The van der Waals surface area contributed by atoms with E-state index in [1.54, 1.807) is 0 Å². The number of carbonyl (C=O) groups is 1. The van der Waals surface area contributed by atoms with Crippen LogP contribution in [0.15, 0.2) is 12.1 Å². The van der Waals surface area contributed by atoms with Gasteiger partial charge in [0.1, 0.15) is 5.75 Å². The molecular weight excluding hydrogens is 491 g/mol. The minimum atomic E-state index is -5.24. The maximum atomic E-state index is 13.8. The zero-order valence-corrected chi connectivity index (χ0v) is 20.8. The average molecular weight is 524 g/mol. The molecule has 0 unspecified atom stereocenters. The zero-order chi connectivity index (χ0) is 25.4. The number of benzene rings is 1. The van der Waals surface area contributed by atoms with Gasteiger partial charge >= 0.3 is 12.3 Å². The third-order valence-electron chi connectivity index (χ3n) is 6.42. The minimum Gasteiger partial charge on any atom is -0.426 e. The van der Waals surface area contributed by atoms with Gasteiger partial charge in [-0.3, -0.25) is 4.79 Å². The summed E-state index contributed by atoms with van der Waals surface area (Å²) in [6.45, 7) is 3.67. The fourth-order valence-corrected chi connectivity index (χ4v) is 7.35. The maximum absolute atomic E-state index is 13.8. The molecule has 2 fully saturated rings. The van der Waals surface area contributed by atoms with Crippen molar-refractivity contribution in [2.45, 2.75) is 82.7 Å². The summed E-state index contributed by atoms with van der Waals surface area (Å²) < 4.78 is 84.6. The first-order chi connectivity index (χ1) is 16.6. The third kappa shape index (κ3) is 9.02. The van der Waals surface area contributed by atoms with Gasteiger partial charge in [-0.05, 0) is 25.7 Å². The molecule has 2 aliphatic rings. The lowest BCUT2D eigenvalue weighted by atomic mass is 10.0. The minimum absolute atomic E-state index is 0.160. The van der Waals surface area contributed by atoms with Crippen LogP contribution < -0.4 is 9.47 Å². The summed E-state index contributed by atoms with van der Waals surface area (Å²) in [6, 6.07) is 3.85. The topological polar surface area (TPSA) is 54.0 Å². The van der Waals surface area contributed by atoms with E-state index in [1.807, 2.05) is 0 Å². The molecule has 197 valence electrons. The van der Waals surface area contributed by atoms with Crippen molar-refractivity contribution in [1.29, 1.82) is 0 Å². The molecule has 0 aromatic heterocycles. The van der Waals surface area contributed by atoms with Crippen LogP contribution in [0.4, 0.5) is 22.0 Å². The molecule has 3 rings (SSSR count). The molecule has 0 bridgehead atoms. The number of hydrogen-bond donors (Lipinski definition) is 0. The molecule has 0 amide bonds. The van der Waals surface area contributed by atoms with Crippen LogP contribution in [0.3, 0.4) is 0 Å². The normalized spacial score (nSPS) is 22.2. The average Bonchev–Trinajstić information content (AvgIpc) is 2.81. The number of rotatable bonds is 10. The highest BCUT2D eigenvalue weighted by Crippen LogP contribution is 2.34. The number of carbonyl (C=O) groups excluding carboxylic acids is 1. The van der Waals surface area contributed by atoms with Crippen LogP contribution in [0.2, 0.25) is 18.1 Å². The Balaban J connectivity index is 1.37. The van der Waals surface area contributed by atoms with E-state index in [4.69, 9.17) is 14.2 Å². The predicted octanol–water partition coefficient (Wildman–Crippen LogP) is 6.63. The first-order valence-electron chi connectivity index (χ1n) is 12.2. The number of alkyl halides is 3. The van der Waals surface area contributed by atoms with Crippen LogP contribution in [0.1, 0.15) is 51.9 Å². The molecule has 0 aliphatic carbocycles. The number of unbranched alkanes of at least 4 members (excludes halogenated alkanes) is 2. The van der Waals surface area contributed by atoms with E-state index in [1.165, 1.54) is 19.3 Å². The molecule has 1 aromatic rings. The van der Waals surface area contributed by atoms with Crippen molar-refractivity contribution in [3.8, 4) is 11.5 Å². The van der Waals surface area contributed by atoms with Crippen LogP contribution >= 0.6 is 0 Å². The molecule has 0 N–H and O–H groups in total. The Labute approximate surface area is 203 Å². The number of ether oxygens (including phenoxy) is 4. The molecular formula is C24H32F5O5Si. The SMILES string of the molecule is CCCCCC1COC(CC[Si]2CCC(C(=O)Oc3cc(F)c(OC(F)(F)F)c(F)c3)CC2)OC1. The Morgan fingerprint density at radius 1 is 1.06 bits per heavy atom. The van der Waals surface area contributed by atoms with Crippen molar-refractivity contribution in [3.63, 3.8) is 0 Å². The van der Waals surface area contributed by atoms with Gasteiger partial charge < -0.3 is 18.9 Å². The first kappa shape index (κ1) is 27.9. The van der Waals surface area contributed by atoms with Gasteiger partial charge in [0.2, 0.25) is 5.75 Å². The zero-order valence-electron chi connectivity index (χ0n) is 19.8. The molecule has 2 heterocycles. The van der Waals surface area contributed by atoms with Gasteiger partial charge in [0.25, 0.3) is 0 Å². The summed E-state index contributed by atoms with van der Waals surface area (Å²) in [5, 5.41) is 0. The first-order valence-corrected chi connectivity index (χ1v) is 14.3. The smallest absolute Gasteiger partial charge is 0.426 e. The summed E-state index contributed by atoms with van der Waals surface area (Å²) in [7, 11) is -0.662. The van der Waals surface area contributed by atoms with Crippen molar-refractivity contribution >= 4 is 14.8 Å². The molecule has 11 heteroatoms. The van der Waals surface area contributed by atoms with Gasteiger partial charge in [-0.25, -0.2) is 8.78 Å². The number of hydrogen-bond acceptors (Lipinski definition) is 5. The van der Waals surface area contributed by atoms with Gasteiger partial charge in [-0.2, -0.15) is 0 Å². The van der Waals surface area contributed by atoms with Crippen LogP contribution in [-0.2, 0) is 14.3 Å². The molecule has 0 atom stereocenters. The maximum Gasteiger partial charge on any atom is 0.573 e. The van der Waals surface area contributed by atoms with E-state index in [0.717, 1.165) is 44.2 Å². The predicted molar refractivity (Wildman–Crippen MR) is 120 cm³/mol. The summed E-state index contributed by atoms with van der Waals surface area (Å²) in [4.78, 5) is 12.4. The number of esters is 1. The Morgan fingerprint density at radius 3 is 2.26 bits per heavy atom. The highest BCUT2D eigenvalue weighted by Gasteiger charge is 2.35. The van der Waals surface area contributed by atoms with Crippen LogP contribution in [0, 0.1) is 23.5 Å². The standard InChI is InChI=1S/C24H32F5O5Si/c1-2-3-4-5-16-14-31-21(32-15-16)8-11-35-9-6-17(7-10-35)23(30)33-18-12-19(25)22(20(26)13-18)34-24(27,28)29/h12-13,16-17,21H,2-11,14-15H2,1H3. The quantitative estimate of drug-likeness (QED) is 0.113. The fraction of sp³-hybridized carbons (Fsp3) is 0.708. The highest BCUT2D eigenvalue weighted by molar-refractivity contribution is 6.59. The van der Waals surface area contributed by atoms with Gasteiger partial charge in [-0.15, -0.1) is 13.2 Å². The Morgan fingerprint density at radius 2 is 1.69 bits per heavy atom. The van der Waals surface area contributed by atoms with Crippen LogP contribution in [-0.4, -0.2) is 40.6 Å². The second kappa shape index (κ2) is 13.0. The van der Waals surface area contributed by atoms with E-state index in [9.17, 15) is 26.7 Å². The Bertz CT molecular complexity index is 798. The van der Waals surface area contributed by atoms with Crippen LogP contribution in [0.25, 0.3) is 0 Å². The van der Waals surface area contributed by atoms with Crippen molar-refractivity contribution in [2.24, 2.45) is 11.8 Å². The van der Waals surface area contributed by atoms with Gasteiger partial charge in [0.15, 0.2) is 17.9 Å². The van der Waals surface area contributed by atoms with Crippen LogP contribution in [0.5, 0.6) is 11.5 Å². The van der Waals surface area contributed by atoms with Gasteiger partial charge in [-0.1, -0.05) is 44.3 Å². The lowest BCUT2D eigenvalue weighted by Gasteiger charge is -2.31. The lowest BCUT2D eigenvalue weighted by Crippen LogP contribution is -2.34. The van der Waals surface area contributed by atoms with E-state index in [2.05, 4.69) is 11.7 Å². The summed E-state index contributed by atoms with van der Waals surface area (Å²) in [5.74, 6) is -5.84. The van der Waals surface area contributed by atoms with E-state index in [-0.39, 0.29) is 6.29 Å². The molecule has 2 saturated heterocycles. The molecule has 5 nitrogen and oxygen atoms in total. The monoisotopic (exact) mass is 523 g/mol. The second-order valence-corrected chi connectivity index (χ2v) is 12.2. The van der Waals surface area contributed by atoms with E-state index < -0.39 is 50.2 Å². The molecule has 0 saturated carbocycles. The third-order valence-corrected chi connectivity index (χ3v) is 9.41. The van der Waals surface area contributed by atoms with Crippen molar-refractivity contribution in [1.82, 2.24) is 0 Å². The highest BCUT2D eigenvalue weighted by atomic mass is 28.3. The summed E-state index contributed by atoms with van der Waals surface area (Å²) in [5.41, 5.74) is 0. The molecule has 0 spiro atoms. The molecule has 35 heavy (non-hydrogen) atoms. The lowest BCUT2D eigenvalue weighted by molar-refractivity contribution is -0.276. The largest absolute Gasteiger partial charge is 0.573 e. The van der Waals surface area contributed by atoms with E-state index >= 15 is 0 Å². The Kier molecular flexibility index (Phi) is 10.3. The number of halogens is 5. The summed E-state index contributed by atoms with van der Waals surface area (Å²) in [6.07, 6.45) is 1.44. The van der Waals surface area contributed by atoms with E-state index in [0.29, 0.717) is 30.9 Å². The molecule has 1 radical (unpaired) electrons. The fourth-order valence-electron chi connectivity index (χ4n) is 4.44. The summed E-state index contributed by atoms with van der Waals surface area (Å²) >= 11 is 0. The van der Waals surface area contributed by atoms with Gasteiger partial charge in [0, 0.05) is 26.8 Å². The Hall–Kier alpha value is -1.72. The molecule has 2 aliphatic heterocycles. The van der Waals surface area contributed by atoms with Crippen molar-refractivity contribution in [2.75, 3.05) is 13.2 Å². The second-order valence-electron chi connectivity index (χ2n) is 9.21.